The van der Waals surface area contributed by atoms with Crippen molar-refractivity contribution < 1.29 is 9.53 Å². The molecule has 1 aromatic heterocycles. The Morgan fingerprint density at radius 2 is 2.11 bits per heavy atom. The smallest absolute Gasteiger partial charge is 0.165 e. The number of ketones is 1. The van der Waals surface area contributed by atoms with Crippen LogP contribution in [0.2, 0.25) is 0 Å². The van der Waals surface area contributed by atoms with Crippen LogP contribution < -0.4 is 4.74 Å². The predicted molar refractivity (Wildman–Crippen MR) is 73.3 cm³/mol. The SMILES string of the molecule is CCCOc1cccc2[nH]cc(C(=O)CCC)c12. The highest BCUT2D eigenvalue weighted by Gasteiger charge is 2.14. The topological polar surface area (TPSA) is 42.1 Å². The number of nitrogens with one attached hydrogen (secondary N) is 1. The second-order valence-electron chi connectivity index (χ2n) is 4.40. The van der Waals surface area contributed by atoms with Crippen LogP contribution in [0.15, 0.2) is 24.4 Å². The molecule has 18 heavy (non-hydrogen) atoms. The van der Waals surface area contributed by atoms with E-state index in [-0.39, 0.29) is 5.78 Å². The van der Waals surface area contributed by atoms with Gasteiger partial charge in [-0.1, -0.05) is 19.9 Å². The molecule has 2 rings (SSSR count). The van der Waals surface area contributed by atoms with Gasteiger partial charge in [-0.25, -0.2) is 0 Å². The molecule has 1 aromatic carbocycles. The zero-order valence-corrected chi connectivity index (χ0v) is 11.0. The summed E-state index contributed by atoms with van der Waals surface area (Å²) in [7, 11) is 0. The zero-order chi connectivity index (χ0) is 13.0. The van der Waals surface area contributed by atoms with E-state index in [9.17, 15) is 4.79 Å². The number of benzene rings is 1. The number of ether oxygens (including phenoxy) is 1. The molecule has 0 saturated heterocycles. The molecule has 0 atom stereocenters. The Morgan fingerprint density at radius 3 is 2.83 bits per heavy atom. The molecular formula is C15H19NO2. The number of fused-ring (bicyclic) bond motifs is 1. The number of Topliss-reactive ketones (excluding diaryl/α,β-unsaturated/α-hetero) is 1. The molecule has 0 radical (unpaired) electrons. The van der Waals surface area contributed by atoms with Gasteiger partial charge >= 0.3 is 0 Å². The molecule has 0 bridgehead atoms. The standard InChI is InChI=1S/C15H19NO2/c1-3-6-13(17)11-10-16-12-7-5-8-14(15(11)12)18-9-4-2/h5,7-8,10,16H,3-4,6,9H2,1-2H3. The van der Waals surface area contributed by atoms with E-state index >= 15 is 0 Å². The Labute approximate surface area is 107 Å². The van der Waals surface area contributed by atoms with Gasteiger partial charge in [-0.15, -0.1) is 0 Å². The molecule has 0 spiro atoms. The molecule has 96 valence electrons. The highest BCUT2D eigenvalue weighted by molar-refractivity contribution is 6.09. The van der Waals surface area contributed by atoms with E-state index in [1.54, 1.807) is 6.20 Å². The number of carbonyl (C=O) groups is 1. The van der Waals surface area contributed by atoms with Gasteiger partial charge in [0.2, 0.25) is 0 Å². The number of aromatic amines is 1. The molecular weight excluding hydrogens is 226 g/mol. The minimum absolute atomic E-state index is 0.177. The lowest BCUT2D eigenvalue weighted by molar-refractivity contribution is 0.0983. The van der Waals surface area contributed by atoms with Gasteiger partial charge in [0.25, 0.3) is 0 Å². The predicted octanol–water partition coefficient (Wildman–Crippen LogP) is 3.94. The summed E-state index contributed by atoms with van der Waals surface area (Å²) < 4.78 is 5.72. The third-order valence-electron chi connectivity index (χ3n) is 2.91. The molecule has 0 saturated carbocycles. The summed E-state index contributed by atoms with van der Waals surface area (Å²) in [5, 5.41) is 0.921. The fraction of sp³-hybridized carbons (Fsp3) is 0.400. The van der Waals surface area contributed by atoms with Crippen LogP contribution in [0.5, 0.6) is 5.75 Å². The van der Waals surface area contributed by atoms with Gasteiger partial charge in [0.05, 0.1) is 12.0 Å². The fourth-order valence-corrected chi connectivity index (χ4v) is 2.07. The molecule has 3 nitrogen and oxygen atoms in total. The second-order valence-corrected chi connectivity index (χ2v) is 4.40. The number of hydrogen-bond acceptors (Lipinski definition) is 2. The molecule has 0 aliphatic rings. The summed E-state index contributed by atoms with van der Waals surface area (Å²) in [6.45, 7) is 4.76. The van der Waals surface area contributed by atoms with Crippen LogP contribution in [0.4, 0.5) is 0 Å². The summed E-state index contributed by atoms with van der Waals surface area (Å²) in [5.41, 5.74) is 1.71. The van der Waals surface area contributed by atoms with Gasteiger partial charge in [0.1, 0.15) is 5.75 Å². The average molecular weight is 245 g/mol. The van der Waals surface area contributed by atoms with Crippen LogP contribution in [0, 0.1) is 0 Å². The lowest BCUT2D eigenvalue weighted by atomic mass is 10.1. The molecule has 0 aliphatic heterocycles. The Hall–Kier alpha value is -1.77. The number of aromatic nitrogens is 1. The van der Waals surface area contributed by atoms with Crippen molar-refractivity contribution in [2.75, 3.05) is 6.61 Å². The van der Waals surface area contributed by atoms with Crippen molar-refractivity contribution in [2.45, 2.75) is 33.1 Å². The molecule has 0 amide bonds. The third-order valence-corrected chi connectivity index (χ3v) is 2.91. The Bertz CT molecular complexity index is 542. The number of carbonyl (C=O) groups excluding carboxylic acids is 1. The molecule has 0 aliphatic carbocycles. The van der Waals surface area contributed by atoms with Gasteiger partial charge in [-0.3, -0.25) is 4.79 Å². The van der Waals surface area contributed by atoms with Crippen molar-refractivity contribution in [3.63, 3.8) is 0 Å². The average Bonchev–Trinajstić information content (AvgIpc) is 2.81. The van der Waals surface area contributed by atoms with Crippen molar-refractivity contribution in [3.8, 4) is 5.75 Å². The highest BCUT2D eigenvalue weighted by Crippen LogP contribution is 2.29. The minimum Gasteiger partial charge on any atom is -0.493 e. The van der Waals surface area contributed by atoms with E-state index in [4.69, 9.17) is 4.74 Å². The largest absolute Gasteiger partial charge is 0.493 e. The third kappa shape index (κ3) is 2.40. The summed E-state index contributed by atoms with van der Waals surface area (Å²) in [6, 6.07) is 5.84. The van der Waals surface area contributed by atoms with E-state index in [1.807, 2.05) is 25.1 Å². The maximum Gasteiger partial charge on any atom is 0.165 e. The van der Waals surface area contributed by atoms with Crippen molar-refractivity contribution in [2.24, 2.45) is 0 Å². The van der Waals surface area contributed by atoms with Crippen LogP contribution in [0.25, 0.3) is 10.9 Å². The van der Waals surface area contributed by atoms with E-state index in [0.717, 1.165) is 35.1 Å². The minimum atomic E-state index is 0.177. The first-order valence-electron chi connectivity index (χ1n) is 6.54. The number of rotatable bonds is 6. The van der Waals surface area contributed by atoms with E-state index in [2.05, 4.69) is 11.9 Å². The highest BCUT2D eigenvalue weighted by atomic mass is 16.5. The Balaban J connectivity index is 2.44. The summed E-state index contributed by atoms with van der Waals surface area (Å²) in [5.74, 6) is 0.978. The summed E-state index contributed by atoms with van der Waals surface area (Å²) in [6.07, 6.45) is 4.19. The van der Waals surface area contributed by atoms with Crippen molar-refractivity contribution in [1.29, 1.82) is 0 Å². The zero-order valence-electron chi connectivity index (χ0n) is 11.0. The molecule has 0 unspecified atom stereocenters. The van der Waals surface area contributed by atoms with Crippen LogP contribution in [-0.4, -0.2) is 17.4 Å². The van der Waals surface area contributed by atoms with E-state index in [1.165, 1.54) is 0 Å². The first-order valence-corrected chi connectivity index (χ1v) is 6.54. The fourth-order valence-electron chi connectivity index (χ4n) is 2.07. The van der Waals surface area contributed by atoms with E-state index in [0.29, 0.717) is 13.0 Å². The Morgan fingerprint density at radius 1 is 1.28 bits per heavy atom. The van der Waals surface area contributed by atoms with Gasteiger partial charge in [-0.2, -0.15) is 0 Å². The lowest BCUT2D eigenvalue weighted by Gasteiger charge is -2.07. The van der Waals surface area contributed by atoms with Crippen LogP contribution in [0.1, 0.15) is 43.5 Å². The molecule has 1 N–H and O–H groups in total. The van der Waals surface area contributed by atoms with Crippen LogP contribution in [0.3, 0.4) is 0 Å². The normalized spacial score (nSPS) is 10.8. The first kappa shape index (κ1) is 12.7. The van der Waals surface area contributed by atoms with Crippen LogP contribution >= 0.6 is 0 Å². The monoisotopic (exact) mass is 245 g/mol. The summed E-state index contributed by atoms with van der Waals surface area (Å²) >= 11 is 0. The second kappa shape index (κ2) is 5.71. The lowest BCUT2D eigenvalue weighted by Crippen LogP contribution is -2.00. The van der Waals surface area contributed by atoms with Crippen LogP contribution in [-0.2, 0) is 0 Å². The first-order chi connectivity index (χ1) is 8.77. The maximum absolute atomic E-state index is 12.1. The quantitative estimate of drug-likeness (QED) is 0.783. The number of hydrogen-bond donors (Lipinski definition) is 1. The van der Waals surface area contributed by atoms with Gasteiger partial charge < -0.3 is 9.72 Å². The summed E-state index contributed by atoms with van der Waals surface area (Å²) in [4.78, 5) is 15.2. The molecule has 0 fully saturated rings. The molecule has 2 aromatic rings. The van der Waals surface area contributed by atoms with Crippen molar-refractivity contribution in [1.82, 2.24) is 4.98 Å². The molecule has 1 heterocycles. The Kier molecular flexibility index (Phi) is 4.03. The van der Waals surface area contributed by atoms with Gasteiger partial charge in [-0.05, 0) is 25.0 Å². The van der Waals surface area contributed by atoms with Crippen molar-refractivity contribution >= 4 is 16.7 Å². The van der Waals surface area contributed by atoms with Gasteiger partial charge in [0, 0.05) is 23.7 Å². The molecule has 3 heteroatoms. The van der Waals surface area contributed by atoms with Gasteiger partial charge in [0.15, 0.2) is 5.78 Å². The van der Waals surface area contributed by atoms with Crippen molar-refractivity contribution in [3.05, 3.63) is 30.0 Å². The van der Waals surface area contributed by atoms with E-state index < -0.39 is 0 Å². The number of H-pyrrole nitrogens is 1. The maximum atomic E-state index is 12.1.